The first-order chi connectivity index (χ1) is 9.53. The molecule has 0 radical (unpaired) electrons. The SMILES string of the molecule is CCC(CC)N(CC(C)C)c1ccc(CCN)cc1C. The molecule has 2 N–H and O–H groups in total. The van der Waals surface area contributed by atoms with Gasteiger partial charge in [0, 0.05) is 18.3 Å². The van der Waals surface area contributed by atoms with Crippen molar-refractivity contribution in [2.75, 3.05) is 18.0 Å². The third-order valence-corrected chi connectivity index (χ3v) is 3.95. The van der Waals surface area contributed by atoms with Crippen molar-refractivity contribution >= 4 is 5.69 Å². The van der Waals surface area contributed by atoms with Gasteiger partial charge in [-0.2, -0.15) is 0 Å². The van der Waals surface area contributed by atoms with Gasteiger partial charge in [0.25, 0.3) is 0 Å². The lowest BCUT2D eigenvalue weighted by molar-refractivity contribution is 0.507. The largest absolute Gasteiger partial charge is 0.368 e. The van der Waals surface area contributed by atoms with Crippen molar-refractivity contribution in [3.8, 4) is 0 Å². The molecule has 0 unspecified atom stereocenters. The molecule has 0 bridgehead atoms. The van der Waals surface area contributed by atoms with Crippen molar-refractivity contribution in [3.05, 3.63) is 29.3 Å². The van der Waals surface area contributed by atoms with Crippen LogP contribution < -0.4 is 10.6 Å². The van der Waals surface area contributed by atoms with Gasteiger partial charge in [0.2, 0.25) is 0 Å². The number of hydrogen-bond donors (Lipinski definition) is 1. The summed E-state index contributed by atoms with van der Waals surface area (Å²) in [5.74, 6) is 0.679. The lowest BCUT2D eigenvalue weighted by atomic mass is 10.0. The lowest BCUT2D eigenvalue weighted by Gasteiger charge is -2.35. The van der Waals surface area contributed by atoms with Gasteiger partial charge >= 0.3 is 0 Å². The number of rotatable bonds is 8. The van der Waals surface area contributed by atoms with Crippen LogP contribution in [-0.4, -0.2) is 19.1 Å². The van der Waals surface area contributed by atoms with Crippen LogP contribution in [0.15, 0.2) is 18.2 Å². The fourth-order valence-corrected chi connectivity index (χ4v) is 2.93. The van der Waals surface area contributed by atoms with Gasteiger partial charge in [-0.05, 0) is 55.8 Å². The van der Waals surface area contributed by atoms with Gasteiger partial charge < -0.3 is 10.6 Å². The molecule has 0 aliphatic heterocycles. The van der Waals surface area contributed by atoms with Crippen molar-refractivity contribution in [2.24, 2.45) is 11.7 Å². The molecule has 1 rings (SSSR count). The van der Waals surface area contributed by atoms with Gasteiger partial charge in [-0.3, -0.25) is 0 Å². The lowest BCUT2D eigenvalue weighted by Crippen LogP contribution is -2.37. The average Bonchev–Trinajstić information content (AvgIpc) is 2.39. The highest BCUT2D eigenvalue weighted by Crippen LogP contribution is 2.26. The number of aryl methyl sites for hydroxylation is 1. The molecule has 0 aliphatic carbocycles. The molecule has 114 valence electrons. The van der Waals surface area contributed by atoms with Crippen LogP contribution in [0.5, 0.6) is 0 Å². The molecule has 0 atom stereocenters. The van der Waals surface area contributed by atoms with Crippen LogP contribution in [0.4, 0.5) is 5.69 Å². The summed E-state index contributed by atoms with van der Waals surface area (Å²) < 4.78 is 0. The molecule has 0 aliphatic rings. The molecule has 20 heavy (non-hydrogen) atoms. The Morgan fingerprint density at radius 3 is 2.25 bits per heavy atom. The number of anilines is 1. The molecule has 0 spiro atoms. The van der Waals surface area contributed by atoms with Crippen LogP contribution in [0.25, 0.3) is 0 Å². The monoisotopic (exact) mass is 276 g/mol. The topological polar surface area (TPSA) is 29.3 Å². The van der Waals surface area contributed by atoms with Crippen LogP contribution in [-0.2, 0) is 6.42 Å². The number of benzene rings is 1. The maximum absolute atomic E-state index is 5.66. The summed E-state index contributed by atoms with van der Waals surface area (Å²) in [6, 6.07) is 7.47. The maximum Gasteiger partial charge on any atom is 0.0398 e. The van der Waals surface area contributed by atoms with Crippen LogP contribution in [0, 0.1) is 12.8 Å². The Balaban J connectivity index is 3.06. The Morgan fingerprint density at radius 2 is 1.80 bits per heavy atom. The summed E-state index contributed by atoms with van der Waals surface area (Å²) in [6.45, 7) is 13.3. The minimum atomic E-state index is 0.636. The zero-order valence-corrected chi connectivity index (χ0v) is 13.9. The summed E-state index contributed by atoms with van der Waals surface area (Å²) in [7, 11) is 0. The summed E-state index contributed by atoms with van der Waals surface area (Å²) in [5, 5.41) is 0. The van der Waals surface area contributed by atoms with Gasteiger partial charge in [0.05, 0.1) is 0 Å². The van der Waals surface area contributed by atoms with Gasteiger partial charge in [-0.15, -0.1) is 0 Å². The van der Waals surface area contributed by atoms with Crippen molar-refractivity contribution < 1.29 is 0 Å². The normalized spacial score (nSPS) is 11.4. The van der Waals surface area contributed by atoms with E-state index in [1.807, 2.05) is 0 Å². The van der Waals surface area contributed by atoms with E-state index in [2.05, 4.69) is 57.7 Å². The Bertz CT molecular complexity index is 394. The van der Waals surface area contributed by atoms with Gasteiger partial charge in [-0.1, -0.05) is 39.8 Å². The van der Waals surface area contributed by atoms with Gasteiger partial charge in [0.15, 0.2) is 0 Å². The highest BCUT2D eigenvalue weighted by Gasteiger charge is 2.18. The minimum absolute atomic E-state index is 0.636. The zero-order chi connectivity index (χ0) is 15.1. The quantitative estimate of drug-likeness (QED) is 0.773. The van der Waals surface area contributed by atoms with E-state index in [9.17, 15) is 0 Å². The van der Waals surface area contributed by atoms with Crippen molar-refractivity contribution in [1.82, 2.24) is 0 Å². The van der Waals surface area contributed by atoms with E-state index >= 15 is 0 Å². The van der Waals surface area contributed by atoms with E-state index in [0.717, 1.165) is 19.5 Å². The number of nitrogens with zero attached hydrogens (tertiary/aromatic N) is 1. The Kier molecular flexibility index (Phi) is 7.08. The third-order valence-electron chi connectivity index (χ3n) is 3.95. The van der Waals surface area contributed by atoms with E-state index in [1.54, 1.807) is 0 Å². The first kappa shape index (κ1) is 17.0. The van der Waals surface area contributed by atoms with Gasteiger partial charge in [0.1, 0.15) is 0 Å². The predicted octanol–water partition coefficient (Wildman–Crippen LogP) is 4.15. The molecule has 0 aromatic heterocycles. The molecular weight excluding hydrogens is 244 g/mol. The molecule has 0 heterocycles. The summed E-state index contributed by atoms with van der Waals surface area (Å²) in [4.78, 5) is 2.60. The summed E-state index contributed by atoms with van der Waals surface area (Å²) in [6.07, 6.45) is 3.37. The van der Waals surface area contributed by atoms with Crippen LogP contribution in [0.1, 0.15) is 51.7 Å². The molecule has 1 aromatic carbocycles. The number of hydrogen-bond acceptors (Lipinski definition) is 2. The number of nitrogens with two attached hydrogens (primary N) is 1. The van der Waals surface area contributed by atoms with Crippen LogP contribution in [0.3, 0.4) is 0 Å². The Labute approximate surface area is 125 Å². The molecule has 0 amide bonds. The molecule has 0 saturated heterocycles. The van der Waals surface area contributed by atoms with Gasteiger partial charge in [-0.25, -0.2) is 0 Å². The maximum atomic E-state index is 5.66. The highest BCUT2D eigenvalue weighted by atomic mass is 15.2. The predicted molar refractivity (Wildman–Crippen MR) is 90.5 cm³/mol. The summed E-state index contributed by atoms with van der Waals surface area (Å²) in [5.41, 5.74) is 9.78. The Morgan fingerprint density at radius 1 is 1.15 bits per heavy atom. The fraction of sp³-hybridized carbons (Fsp3) is 0.667. The first-order valence-electron chi connectivity index (χ1n) is 8.09. The fourth-order valence-electron chi connectivity index (χ4n) is 2.93. The van der Waals surface area contributed by atoms with Crippen LogP contribution >= 0.6 is 0 Å². The second-order valence-electron chi connectivity index (χ2n) is 6.18. The van der Waals surface area contributed by atoms with Crippen molar-refractivity contribution in [1.29, 1.82) is 0 Å². The Hall–Kier alpha value is -1.02. The summed E-state index contributed by atoms with van der Waals surface area (Å²) >= 11 is 0. The standard InChI is InChI=1S/C18H32N2/c1-6-17(7-2)20(13-14(3)4)18-9-8-16(10-11-19)12-15(18)5/h8-9,12,14,17H,6-7,10-11,13,19H2,1-5H3. The molecule has 1 aromatic rings. The third kappa shape index (κ3) is 4.52. The van der Waals surface area contributed by atoms with Crippen molar-refractivity contribution in [2.45, 2.75) is 59.9 Å². The zero-order valence-electron chi connectivity index (χ0n) is 13.9. The molecule has 0 fully saturated rings. The van der Waals surface area contributed by atoms with E-state index in [0.29, 0.717) is 12.0 Å². The van der Waals surface area contributed by atoms with Crippen molar-refractivity contribution in [3.63, 3.8) is 0 Å². The minimum Gasteiger partial charge on any atom is -0.368 e. The van der Waals surface area contributed by atoms with E-state index in [-0.39, 0.29) is 0 Å². The molecular formula is C18H32N2. The van der Waals surface area contributed by atoms with Crippen LogP contribution in [0.2, 0.25) is 0 Å². The first-order valence-corrected chi connectivity index (χ1v) is 8.09. The van der Waals surface area contributed by atoms with E-state index in [1.165, 1.54) is 29.7 Å². The smallest absolute Gasteiger partial charge is 0.0398 e. The molecule has 2 heteroatoms. The van der Waals surface area contributed by atoms with E-state index in [4.69, 9.17) is 5.73 Å². The average molecular weight is 276 g/mol. The van der Waals surface area contributed by atoms with E-state index < -0.39 is 0 Å². The molecule has 0 saturated carbocycles. The highest BCUT2D eigenvalue weighted by molar-refractivity contribution is 5.55. The second-order valence-corrected chi connectivity index (χ2v) is 6.18. The second kappa shape index (κ2) is 8.31. The molecule has 2 nitrogen and oxygen atoms in total.